The summed E-state index contributed by atoms with van der Waals surface area (Å²) in [5.74, 6) is -0.889. The molecule has 0 saturated heterocycles. The first-order valence-corrected chi connectivity index (χ1v) is 5.87. The van der Waals surface area contributed by atoms with Gasteiger partial charge in [0.05, 0.1) is 0 Å². The summed E-state index contributed by atoms with van der Waals surface area (Å²) in [6, 6.07) is 7.70. The van der Waals surface area contributed by atoms with Crippen molar-refractivity contribution in [2.75, 3.05) is 7.05 Å². The minimum absolute atomic E-state index is 0.343. The predicted octanol–water partition coefficient (Wildman–Crippen LogP) is 0.819. The van der Waals surface area contributed by atoms with Crippen LogP contribution in [0.15, 0.2) is 48.2 Å². The van der Waals surface area contributed by atoms with Crippen LogP contribution >= 0.6 is 0 Å². The minimum Gasteiger partial charge on any atom is -0.477 e. The third-order valence-corrected chi connectivity index (χ3v) is 3.43. The van der Waals surface area contributed by atoms with Crippen LogP contribution in [0, 0.1) is 0 Å². The second kappa shape index (κ2) is 3.88. The predicted molar refractivity (Wildman–Crippen MR) is 69.7 cm³/mol. The van der Waals surface area contributed by atoms with E-state index in [9.17, 15) is 9.90 Å². The van der Waals surface area contributed by atoms with Gasteiger partial charge in [0.2, 0.25) is 0 Å². The fraction of sp³-hybridized carbons (Fsp3) is 0.133. The Labute approximate surface area is 105 Å². The van der Waals surface area contributed by atoms with Crippen molar-refractivity contribution < 1.29 is 9.90 Å². The summed E-state index contributed by atoms with van der Waals surface area (Å²) in [6.07, 6.45) is 6.88. The molecule has 0 aromatic heterocycles. The summed E-state index contributed by atoms with van der Waals surface area (Å²) in [6.45, 7) is 0. The molecule has 0 amide bonds. The van der Waals surface area contributed by atoms with Crippen LogP contribution < -0.4 is 10.4 Å². The van der Waals surface area contributed by atoms with Gasteiger partial charge in [0.15, 0.2) is 0 Å². The molecule has 1 heterocycles. The molecule has 0 atom stereocenters. The van der Waals surface area contributed by atoms with Crippen molar-refractivity contribution in [1.29, 1.82) is 0 Å². The molecule has 3 nitrogen and oxygen atoms in total. The van der Waals surface area contributed by atoms with Crippen molar-refractivity contribution >= 4 is 17.2 Å². The Morgan fingerprint density at radius 1 is 1.28 bits per heavy atom. The number of carboxylic acid groups (broad SMARTS) is 1. The average molecular weight is 239 g/mol. The number of carbonyl (C=O) groups is 1. The van der Waals surface area contributed by atoms with E-state index in [1.807, 2.05) is 43.5 Å². The zero-order chi connectivity index (χ0) is 12.7. The maximum absolute atomic E-state index is 11.5. The molecule has 0 fully saturated rings. The highest BCUT2D eigenvalue weighted by Crippen LogP contribution is 2.26. The van der Waals surface area contributed by atoms with Gasteiger partial charge in [-0.05, 0) is 23.3 Å². The van der Waals surface area contributed by atoms with Crippen molar-refractivity contribution in [3.8, 4) is 0 Å². The minimum atomic E-state index is -0.889. The Morgan fingerprint density at radius 3 is 2.72 bits per heavy atom. The van der Waals surface area contributed by atoms with Gasteiger partial charge in [-0.25, -0.2) is 4.79 Å². The van der Waals surface area contributed by atoms with Crippen LogP contribution in [0.2, 0.25) is 0 Å². The molecule has 1 aliphatic heterocycles. The van der Waals surface area contributed by atoms with Gasteiger partial charge in [0, 0.05) is 18.0 Å². The lowest BCUT2D eigenvalue weighted by atomic mass is 9.95. The molecule has 0 spiro atoms. The summed E-state index contributed by atoms with van der Waals surface area (Å²) in [5.41, 5.74) is 2.52. The maximum atomic E-state index is 11.5. The molecule has 3 heteroatoms. The first kappa shape index (κ1) is 10.8. The lowest BCUT2D eigenvalue weighted by molar-refractivity contribution is -0.131. The third-order valence-electron chi connectivity index (χ3n) is 3.43. The topological polar surface area (TPSA) is 40.5 Å². The van der Waals surface area contributed by atoms with Gasteiger partial charge in [-0.1, -0.05) is 36.4 Å². The highest BCUT2D eigenvalue weighted by molar-refractivity contribution is 6.09. The molecule has 2 aliphatic rings. The van der Waals surface area contributed by atoms with E-state index in [1.54, 1.807) is 4.90 Å². The number of aliphatic carboxylic acids is 1. The number of rotatable bonds is 1. The number of carboxylic acids is 1. The highest BCUT2D eigenvalue weighted by atomic mass is 16.4. The standard InChI is InChI=1S/C15H13NO2/c1-16-13-9-5-4-7-11(13)10-6-2-3-8-12(10)14(16)15(17)18/h2-6,8-9H,7H2,1H3,(H,17,18). The summed E-state index contributed by atoms with van der Waals surface area (Å²) in [4.78, 5) is 13.2. The van der Waals surface area contributed by atoms with Gasteiger partial charge in [-0.15, -0.1) is 0 Å². The number of benzene rings is 1. The van der Waals surface area contributed by atoms with Crippen molar-refractivity contribution in [2.45, 2.75) is 6.42 Å². The van der Waals surface area contributed by atoms with Crippen LogP contribution in [-0.2, 0) is 4.79 Å². The lowest BCUT2D eigenvalue weighted by Gasteiger charge is -2.29. The van der Waals surface area contributed by atoms with E-state index in [0.29, 0.717) is 5.70 Å². The fourth-order valence-electron chi connectivity index (χ4n) is 2.62. The van der Waals surface area contributed by atoms with Gasteiger partial charge in [0.1, 0.15) is 5.70 Å². The Hall–Kier alpha value is -2.29. The maximum Gasteiger partial charge on any atom is 0.353 e. The molecule has 0 saturated carbocycles. The van der Waals surface area contributed by atoms with Crippen LogP contribution in [-0.4, -0.2) is 23.0 Å². The zero-order valence-corrected chi connectivity index (χ0v) is 10.1. The monoisotopic (exact) mass is 239 g/mol. The van der Waals surface area contributed by atoms with Crippen LogP contribution in [0.4, 0.5) is 0 Å². The molecule has 1 aromatic rings. The zero-order valence-electron chi connectivity index (χ0n) is 10.1. The molecule has 0 bridgehead atoms. The van der Waals surface area contributed by atoms with Crippen molar-refractivity contribution in [3.05, 3.63) is 58.6 Å². The Balaban J connectivity index is 2.50. The van der Waals surface area contributed by atoms with Gasteiger partial charge < -0.3 is 10.0 Å². The molecular weight excluding hydrogens is 226 g/mol. The first-order valence-electron chi connectivity index (χ1n) is 5.87. The van der Waals surface area contributed by atoms with Gasteiger partial charge in [-0.2, -0.15) is 0 Å². The summed E-state index contributed by atoms with van der Waals surface area (Å²) in [7, 11) is 1.81. The molecule has 1 N–H and O–H groups in total. The van der Waals surface area contributed by atoms with Crippen LogP contribution in [0.1, 0.15) is 6.42 Å². The molecule has 90 valence electrons. The van der Waals surface area contributed by atoms with E-state index < -0.39 is 5.97 Å². The van der Waals surface area contributed by atoms with E-state index >= 15 is 0 Å². The van der Waals surface area contributed by atoms with Crippen molar-refractivity contribution in [2.24, 2.45) is 0 Å². The molecule has 0 unspecified atom stereocenters. The molecule has 1 aromatic carbocycles. The molecule has 18 heavy (non-hydrogen) atoms. The van der Waals surface area contributed by atoms with E-state index in [4.69, 9.17) is 0 Å². The second-order valence-corrected chi connectivity index (χ2v) is 4.42. The van der Waals surface area contributed by atoms with E-state index in [2.05, 4.69) is 6.08 Å². The van der Waals surface area contributed by atoms with E-state index in [-0.39, 0.29) is 0 Å². The van der Waals surface area contributed by atoms with Crippen LogP contribution in [0.5, 0.6) is 0 Å². The van der Waals surface area contributed by atoms with Gasteiger partial charge in [-0.3, -0.25) is 0 Å². The summed E-state index contributed by atoms with van der Waals surface area (Å²) < 4.78 is 0. The largest absolute Gasteiger partial charge is 0.477 e. The fourth-order valence-corrected chi connectivity index (χ4v) is 2.62. The SMILES string of the molecule is CN1C2=CC=CCC2=c2ccccc2=C1C(=O)O. The number of hydrogen-bond acceptors (Lipinski definition) is 2. The quantitative estimate of drug-likeness (QED) is 0.788. The first-order chi connectivity index (χ1) is 8.70. The number of nitrogens with zero attached hydrogens (tertiary/aromatic N) is 1. The molecular formula is C15H13NO2. The second-order valence-electron chi connectivity index (χ2n) is 4.42. The Kier molecular flexibility index (Phi) is 2.33. The Morgan fingerprint density at radius 2 is 2.00 bits per heavy atom. The van der Waals surface area contributed by atoms with Crippen molar-refractivity contribution in [1.82, 2.24) is 4.90 Å². The van der Waals surface area contributed by atoms with Crippen molar-refractivity contribution in [3.63, 3.8) is 0 Å². The van der Waals surface area contributed by atoms with E-state index in [1.165, 1.54) is 5.57 Å². The summed E-state index contributed by atoms with van der Waals surface area (Å²) >= 11 is 0. The number of likely N-dealkylation sites (N-methyl/N-ethyl adjacent to an activating group) is 1. The molecule has 0 radical (unpaired) electrons. The van der Waals surface area contributed by atoms with Gasteiger partial charge >= 0.3 is 5.97 Å². The molecule has 1 aliphatic carbocycles. The molecule has 3 rings (SSSR count). The third kappa shape index (κ3) is 1.40. The normalized spacial score (nSPS) is 17.2. The smallest absolute Gasteiger partial charge is 0.353 e. The lowest BCUT2D eigenvalue weighted by Crippen LogP contribution is -2.42. The van der Waals surface area contributed by atoms with Crippen LogP contribution in [0.3, 0.4) is 0 Å². The highest BCUT2D eigenvalue weighted by Gasteiger charge is 2.25. The Bertz CT molecular complexity index is 710. The number of hydrogen-bond donors (Lipinski definition) is 1. The van der Waals surface area contributed by atoms with Gasteiger partial charge in [0.25, 0.3) is 0 Å². The van der Waals surface area contributed by atoms with E-state index in [0.717, 1.165) is 22.6 Å². The number of allylic oxidation sites excluding steroid dienone is 4. The average Bonchev–Trinajstić information content (AvgIpc) is 2.39. The summed E-state index contributed by atoms with van der Waals surface area (Å²) in [5, 5.41) is 11.2. The number of fused-ring (bicyclic) bond motifs is 2. The van der Waals surface area contributed by atoms with Crippen LogP contribution in [0.25, 0.3) is 11.3 Å².